The molecule has 0 aromatic rings. The zero-order valence-electron chi connectivity index (χ0n) is 14.6. The predicted molar refractivity (Wildman–Crippen MR) is 98.5 cm³/mol. The van der Waals surface area contributed by atoms with Gasteiger partial charge in [-0.2, -0.15) is 12.6 Å². The minimum absolute atomic E-state index is 0.267. The Morgan fingerprint density at radius 1 is 0.714 bits per heavy atom. The highest BCUT2D eigenvalue weighted by molar-refractivity contribution is 7.80. The zero-order chi connectivity index (χ0) is 16.0. The largest absolute Gasteiger partial charge is 0.396 e. The summed E-state index contributed by atoms with van der Waals surface area (Å²) in [6.45, 7) is 3.49. The van der Waals surface area contributed by atoms with Gasteiger partial charge in [0.05, 0.1) is 0 Å². The highest BCUT2D eigenvalue weighted by Crippen LogP contribution is 2.11. The van der Waals surface area contributed by atoms with E-state index in [-0.39, 0.29) is 6.61 Å². The van der Waals surface area contributed by atoms with Gasteiger partial charge < -0.3 is 9.84 Å². The third kappa shape index (κ3) is 29.0. The molecule has 0 aliphatic carbocycles. The Bertz CT molecular complexity index is 138. The minimum atomic E-state index is 0.267. The van der Waals surface area contributed by atoms with Crippen LogP contribution in [0.5, 0.6) is 0 Å². The number of hydrogen-bond donors (Lipinski definition) is 2. The van der Waals surface area contributed by atoms with E-state index in [1.165, 1.54) is 77.0 Å². The summed E-state index contributed by atoms with van der Waals surface area (Å²) in [4.78, 5) is 0. The maximum Gasteiger partial charge on any atom is 0.0462 e. The molecule has 0 amide bonds. The van der Waals surface area contributed by atoms with Gasteiger partial charge in [0.1, 0.15) is 0 Å². The van der Waals surface area contributed by atoms with Crippen LogP contribution in [0.1, 0.15) is 90.4 Å². The average molecular weight is 321 g/mol. The molecule has 0 atom stereocenters. The van der Waals surface area contributed by atoms with Crippen molar-refractivity contribution in [2.24, 2.45) is 0 Å². The molecule has 1 N–H and O–H groups in total. The summed E-state index contributed by atoms with van der Waals surface area (Å²) in [5.74, 6) is 0.788. The molecule has 0 radical (unpaired) electrons. The maximum absolute atomic E-state index is 8.02. The number of aliphatic hydroxyl groups is 1. The lowest BCUT2D eigenvalue weighted by Crippen LogP contribution is -1.88. The number of rotatable bonds is 15. The Kier molecular flexibility index (Phi) is 28.3. The van der Waals surface area contributed by atoms with Crippen molar-refractivity contribution < 1.29 is 9.84 Å². The first-order valence-corrected chi connectivity index (χ1v) is 9.67. The van der Waals surface area contributed by atoms with E-state index in [4.69, 9.17) is 9.84 Å². The van der Waals surface area contributed by atoms with Crippen molar-refractivity contribution in [1.82, 2.24) is 0 Å². The molecule has 0 rings (SSSR count). The van der Waals surface area contributed by atoms with Gasteiger partial charge in [-0.3, -0.25) is 0 Å². The summed E-state index contributed by atoms with van der Waals surface area (Å²) in [5, 5.41) is 8.02. The molecule has 0 aromatic carbocycles. The number of methoxy groups -OCH3 is 1. The first-order chi connectivity index (χ1) is 10.3. The first-order valence-electron chi connectivity index (χ1n) is 9.04. The maximum atomic E-state index is 8.02. The number of aliphatic hydroxyl groups excluding tert-OH is 1. The van der Waals surface area contributed by atoms with Crippen LogP contribution in [0.3, 0.4) is 0 Å². The van der Waals surface area contributed by atoms with Crippen molar-refractivity contribution in [2.75, 3.05) is 26.1 Å². The van der Waals surface area contributed by atoms with Crippen molar-refractivity contribution in [2.45, 2.75) is 90.4 Å². The van der Waals surface area contributed by atoms with Crippen molar-refractivity contribution >= 4 is 12.6 Å². The summed E-state index contributed by atoms with van der Waals surface area (Å²) in [7, 11) is 1.79. The van der Waals surface area contributed by atoms with Gasteiger partial charge in [-0.15, -0.1) is 0 Å². The Balaban J connectivity index is 0. The quantitative estimate of drug-likeness (QED) is 0.302. The topological polar surface area (TPSA) is 29.5 Å². The second-order valence-corrected chi connectivity index (χ2v) is 6.13. The number of thiol groups is 1. The van der Waals surface area contributed by atoms with Crippen molar-refractivity contribution in [3.63, 3.8) is 0 Å². The monoisotopic (exact) mass is 320 g/mol. The molecular weight excluding hydrogens is 280 g/mol. The predicted octanol–water partition coefficient (Wildman–Crippen LogP) is 5.63. The van der Waals surface area contributed by atoms with Crippen molar-refractivity contribution in [3.8, 4) is 0 Å². The summed E-state index contributed by atoms with van der Waals surface area (Å²) >= 11 is 3.84. The average Bonchev–Trinajstić information content (AvgIpc) is 2.50. The Labute approximate surface area is 139 Å². The van der Waals surface area contributed by atoms with Gasteiger partial charge in [-0.25, -0.2) is 0 Å². The van der Waals surface area contributed by atoms with Gasteiger partial charge in [0, 0.05) is 20.3 Å². The van der Waals surface area contributed by atoms with Gasteiger partial charge in [0.15, 0.2) is 0 Å². The smallest absolute Gasteiger partial charge is 0.0462 e. The van der Waals surface area contributed by atoms with Gasteiger partial charge in [-0.05, 0) is 18.6 Å². The summed E-state index contributed by atoms with van der Waals surface area (Å²) < 4.78 is 5.03. The van der Waals surface area contributed by atoms with Gasteiger partial charge in [0.25, 0.3) is 0 Å². The Morgan fingerprint density at radius 2 is 1.14 bits per heavy atom. The molecule has 0 spiro atoms. The number of unbranched alkanes of at least 4 members (excludes halogenated alkanes) is 11. The van der Waals surface area contributed by atoms with E-state index in [0.29, 0.717) is 0 Å². The van der Waals surface area contributed by atoms with Crippen LogP contribution in [0.4, 0.5) is 0 Å². The third-order valence-electron chi connectivity index (χ3n) is 3.52. The molecule has 21 heavy (non-hydrogen) atoms. The fraction of sp³-hybridized carbons (Fsp3) is 1.00. The molecule has 0 aromatic heterocycles. The second kappa shape index (κ2) is 25.2. The Hall–Kier alpha value is 0.270. The normalized spacial score (nSPS) is 10.3. The van der Waals surface area contributed by atoms with E-state index in [1.807, 2.05) is 0 Å². The lowest BCUT2D eigenvalue weighted by Gasteiger charge is -2.02. The molecule has 0 heterocycles. The second-order valence-electron chi connectivity index (χ2n) is 5.68. The van der Waals surface area contributed by atoms with E-state index < -0.39 is 0 Å². The van der Waals surface area contributed by atoms with E-state index >= 15 is 0 Å². The Morgan fingerprint density at radius 3 is 1.43 bits per heavy atom. The van der Waals surface area contributed by atoms with Crippen LogP contribution in [0.15, 0.2) is 0 Å². The van der Waals surface area contributed by atoms with Crippen LogP contribution in [-0.2, 0) is 4.74 Å². The summed E-state index contributed by atoms with van der Waals surface area (Å²) in [6.07, 6.45) is 17.8. The minimum Gasteiger partial charge on any atom is -0.396 e. The van der Waals surface area contributed by atoms with Gasteiger partial charge >= 0.3 is 0 Å². The summed E-state index contributed by atoms with van der Waals surface area (Å²) in [6, 6.07) is 0. The number of hydrogen-bond acceptors (Lipinski definition) is 3. The van der Waals surface area contributed by atoms with E-state index in [9.17, 15) is 0 Å². The fourth-order valence-corrected chi connectivity index (χ4v) is 2.30. The molecule has 0 bridgehead atoms. The van der Waals surface area contributed by atoms with Crippen LogP contribution in [0.2, 0.25) is 0 Å². The lowest BCUT2D eigenvalue weighted by atomic mass is 10.1. The van der Waals surface area contributed by atoms with Crippen LogP contribution < -0.4 is 0 Å². The highest BCUT2D eigenvalue weighted by Gasteiger charge is 1.92. The highest BCUT2D eigenvalue weighted by atomic mass is 32.1. The molecule has 0 aliphatic rings. The summed E-state index contributed by atoms with van der Waals surface area (Å²) in [5.41, 5.74) is 0. The number of ether oxygens (including phenoxy) is 1. The van der Waals surface area contributed by atoms with Gasteiger partial charge in [0.2, 0.25) is 0 Å². The molecular formula is C18H40O2S. The molecule has 0 saturated carbocycles. The fourth-order valence-electron chi connectivity index (χ4n) is 2.16. The first kappa shape index (κ1) is 23.5. The van der Waals surface area contributed by atoms with Gasteiger partial charge in [-0.1, -0.05) is 77.6 Å². The van der Waals surface area contributed by atoms with E-state index in [2.05, 4.69) is 19.6 Å². The van der Waals surface area contributed by atoms with Crippen LogP contribution in [-0.4, -0.2) is 31.2 Å². The molecule has 0 fully saturated rings. The zero-order valence-corrected chi connectivity index (χ0v) is 15.5. The molecule has 0 aliphatic heterocycles. The SMILES string of the molecule is CCCCCCCCCCCCCCOC.OCCCS. The van der Waals surface area contributed by atoms with Crippen LogP contribution in [0.25, 0.3) is 0 Å². The standard InChI is InChI=1S/C15H32O.C3H8OS/c1-3-4-5-6-7-8-9-10-11-12-13-14-15-16-2;4-2-1-3-5/h3-15H2,1-2H3;4-5H,1-3H2. The van der Waals surface area contributed by atoms with Crippen molar-refractivity contribution in [3.05, 3.63) is 0 Å². The van der Waals surface area contributed by atoms with Crippen molar-refractivity contribution in [1.29, 1.82) is 0 Å². The van der Waals surface area contributed by atoms with Crippen LogP contribution >= 0.6 is 12.6 Å². The molecule has 2 nitrogen and oxygen atoms in total. The molecule has 130 valence electrons. The van der Waals surface area contributed by atoms with E-state index in [0.717, 1.165) is 18.8 Å². The lowest BCUT2D eigenvalue weighted by molar-refractivity contribution is 0.192. The molecule has 0 saturated heterocycles. The molecule has 3 heteroatoms. The third-order valence-corrected chi connectivity index (χ3v) is 3.83. The van der Waals surface area contributed by atoms with E-state index in [1.54, 1.807) is 7.11 Å². The molecule has 0 unspecified atom stereocenters. The van der Waals surface area contributed by atoms with Crippen LogP contribution in [0, 0.1) is 0 Å².